The molecule has 3 aromatic carbocycles. The minimum atomic E-state index is -4.60. The zero-order valence-corrected chi connectivity index (χ0v) is 21.2. The minimum Gasteiger partial charge on any atom is -0.506 e. The van der Waals surface area contributed by atoms with Gasteiger partial charge in [0, 0.05) is 11.1 Å². The molecule has 0 spiro atoms. The van der Waals surface area contributed by atoms with Crippen molar-refractivity contribution in [3.8, 4) is 17.3 Å². The van der Waals surface area contributed by atoms with Crippen LogP contribution in [0, 0.1) is 13.8 Å². The highest BCUT2D eigenvalue weighted by molar-refractivity contribution is 8.18. The molecule has 5 rings (SSSR count). The number of phenols is 1. The lowest BCUT2D eigenvalue weighted by atomic mass is 10.1. The summed E-state index contributed by atoms with van der Waals surface area (Å²) in [6, 6.07) is 12.6. The number of amides is 2. The average molecular weight is 553 g/mol. The minimum absolute atomic E-state index is 0.00960. The highest BCUT2D eigenvalue weighted by Gasteiger charge is 2.32. The van der Waals surface area contributed by atoms with Gasteiger partial charge >= 0.3 is 6.18 Å². The maximum atomic E-state index is 13.5. The van der Waals surface area contributed by atoms with E-state index in [0.29, 0.717) is 11.3 Å². The molecular weight excluding hydrogens is 533 g/mol. The molecule has 0 bridgehead atoms. The summed E-state index contributed by atoms with van der Waals surface area (Å²) in [7, 11) is 0. The van der Waals surface area contributed by atoms with Crippen molar-refractivity contribution in [2.24, 2.45) is 10.2 Å². The number of aryl methyl sites for hydroxylation is 2. The van der Waals surface area contributed by atoms with Crippen molar-refractivity contribution in [3.05, 3.63) is 81.8 Å². The van der Waals surface area contributed by atoms with Crippen LogP contribution in [-0.2, 0) is 11.0 Å². The molecule has 0 atom stereocenters. The van der Waals surface area contributed by atoms with E-state index in [2.05, 4.69) is 15.5 Å². The Kier molecular flexibility index (Phi) is 6.43. The van der Waals surface area contributed by atoms with Crippen molar-refractivity contribution in [1.82, 2.24) is 9.88 Å². The van der Waals surface area contributed by atoms with E-state index in [1.165, 1.54) is 34.9 Å². The van der Waals surface area contributed by atoms with E-state index in [-0.39, 0.29) is 32.9 Å². The Bertz CT molecular complexity index is 1720. The van der Waals surface area contributed by atoms with Gasteiger partial charge in [0.05, 0.1) is 16.0 Å². The van der Waals surface area contributed by atoms with Gasteiger partial charge in [-0.3, -0.25) is 19.5 Å². The van der Waals surface area contributed by atoms with Crippen LogP contribution >= 0.6 is 11.8 Å². The summed E-state index contributed by atoms with van der Waals surface area (Å²) >= 11 is 0.731. The van der Waals surface area contributed by atoms with E-state index >= 15 is 0 Å². The zero-order chi connectivity index (χ0) is 28.1. The average Bonchev–Trinajstić information content (AvgIpc) is 3.30. The first-order valence-corrected chi connectivity index (χ1v) is 12.3. The number of nitrogens with one attached hydrogen (secondary N) is 1. The summed E-state index contributed by atoms with van der Waals surface area (Å²) in [4.78, 5) is 23.3. The fourth-order valence-corrected chi connectivity index (χ4v) is 4.95. The van der Waals surface area contributed by atoms with Crippen LogP contribution in [0.25, 0.3) is 22.7 Å². The predicted molar refractivity (Wildman–Crippen MR) is 141 cm³/mol. The van der Waals surface area contributed by atoms with Gasteiger partial charge in [-0.05, 0) is 90.8 Å². The number of aromatic nitrogens is 1. The molecule has 8 nitrogen and oxygen atoms in total. The number of rotatable bonds is 4. The van der Waals surface area contributed by atoms with Crippen LogP contribution in [0.4, 0.5) is 29.3 Å². The number of azo groups is 1. The number of halogens is 3. The van der Waals surface area contributed by atoms with Crippen LogP contribution in [-0.4, -0.2) is 25.9 Å². The third-order valence-electron chi connectivity index (χ3n) is 5.91. The smallest absolute Gasteiger partial charge is 0.416 e. The molecule has 39 heavy (non-hydrogen) atoms. The van der Waals surface area contributed by atoms with Gasteiger partial charge < -0.3 is 10.2 Å². The number of fused-ring (bicyclic) bond motifs is 1. The number of aromatic hydroxyl groups is 2. The van der Waals surface area contributed by atoms with E-state index in [9.17, 15) is 33.0 Å². The molecule has 1 fully saturated rings. The van der Waals surface area contributed by atoms with E-state index < -0.39 is 28.8 Å². The Morgan fingerprint density at radius 2 is 1.67 bits per heavy atom. The van der Waals surface area contributed by atoms with Crippen molar-refractivity contribution in [2.75, 3.05) is 0 Å². The molecule has 1 aliphatic rings. The Balaban J connectivity index is 1.59. The third-order valence-corrected chi connectivity index (χ3v) is 6.72. The summed E-state index contributed by atoms with van der Waals surface area (Å²) in [5.74, 6) is -1.27. The summed E-state index contributed by atoms with van der Waals surface area (Å²) in [6.45, 7) is 3.66. The molecule has 1 aliphatic heterocycles. The van der Waals surface area contributed by atoms with Gasteiger partial charge in [0.1, 0.15) is 11.4 Å². The first-order chi connectivity index (χ1) is 18.4. The molecule has 198 valence electrons. The molecule has 4 aromatic rings. The van der Waals surface area contributed by atoms with E-state index in [0.717, 1.165) is 35.0 Å². The molecule has 1 saturated heterocycles. The Morgan fingerprint density at radius 3 is 2.28 bits per heavy atom. The first kappa shape index (κ1) is 26.0. The van der Waals surface area contributed by atoms with Crippen molar-refractivity contribution < 1.29 is 33.0 Å². The van der Waals surface area contributed by atoms with Crippen molar-refractivity contribution in [1.29, 1.82) is 0 Å². The Labute approximate surface area is 223 Å². The molecule has 0 saturated carbocycles. The van der Waals surface area contributed by atoms with Crippen molar-refractivity contribution in [3.63, 3.8) is 0 Å². The quantitative estimate of drug-likeness (QED) is 0.180. The second kappa shape index (κ2) is 9.62. The van der Waals surface area contributed by atoms with Crippen LogP contribution in [0.3, 0.4) is 0 Å². The van der Waals surface area contributed by atoms with Crippen LogP contribution in [0.1, 0.15) is 22.3 Å². The number of imide groups is 1. The van der Waals surface area contributed by atoms with Crippen LogP contribution in [0.2, 0.25) is 0 Å². The summed E-state index contributed by atoms with van der Waals surface area (Å²) in [6.07, 6.45) is -3.18. The molecule has 2 heterocycles. The maximum Gasteiger partial charge on any atom is 0.416 e. The standard InChI is InChI=1S/C27H19F3N4O4S/c1-13-7-14(2)9-17(8-13)34-20-12-16(27(28,29)30)4-5-18(20)23(25(34)37)33-32-19-6-3-15(10-21(19)35)11-22-24(36)31-26(38)39-22/h3-12,35,37H,1-2H3,(H,31,36,38)/b22-11-,33-32?. The Hall–Kier alpha value is -4.58. The van der Waals surface area contributed by atoms with Gasteiger partial charge in [-0.25, -0.2) is 0 Å². The number of nitrogens with zero attached hydrogens (tertiary/aromatic N) is 3. The predicted octanol–water partition coefficient (Wildman–Crippen LogP) is 7.42. The number of benzene rings is 3. The fraction of sp³-hybridized carbons (Fsp3) is 0.111. The Morgan fingerprint density at radius 1 is 0.949 bits per heavy atom. The summed E-state index contributed by atoms with van der Waals surface area (Å²) in [5.41, 5.74) is 1.68. The molecule has 3 N–H and O–H groups in total. The first-order valence-electron chi connectivity index (χ1n) is 11.4. The molecular formula is C27H19F3N4O4S. The fourth-order valence-electron chi connectivity index (χ4n) is 4.26. The topological polar surface area (TPSA) is 116 Å². The number of alkyl halides is 3. The largest absolute Gasteiger partial charge is 0.506 e. The lowest BCUT2D eigenvalue weighted by Crippen LogP contribution is -2.17. The molecule has 1 aromatic heterocycles. The summed E-state index contributed by atoms with van der Waals surface area (Å²) < 4.78 is 41.8. The van der Waals surface area contributed by atoms with Gasteiger partial charge in [0.2, 0.25) is 5.88 Å². The van der Waals surface area contributed by atoms with Gasteiger partial charge in [-0.15, -0.1) is 10.2 Å². The molecule has 12 heteroatoms. The van der Waals surface area contributed by atoms with Gasteiger partial charge in [0.25, 0.3) is 11.1 Å². The van der Waals surface area contributed by atoms with Gasteiger partial charge in [0.15, 0.2) is 5.69 Å². The second-order valence-electron chi connectivity index (χ2n) is 8.88. The number of hydrogen-bond acceptors (Lipinski definition) is 7. The molecule has 2 amide bonds. The van der Waals surface area contributed by atoms with Crippen molar-refractivity contribution >= 4 is 51.3 Å². The summed E-state index contributed by atoms with van der Waals surface area (Å²) in [5, 5.41) is 31.6. The van der Waals surface area contributed by atoms with E-state index in [1.54, 1.807) is 12.1 Å². The number of phenolic OH excluding ortho intramolecular Hbond substituents is 1. The van der Waals surface area contributed by atoms with Crippen molar-refractivity contribution in [2.45, 2.75) is 20.0 Å². The van der Waals surface area contributed by atoms with Gasteiger partial charge in [-0.1, -0.05) is 12.1 Å². The number of carbonyl (C=O) groups excluding carboxylic acids is 2. The van der Waals surface area contributed by atoms with E-state index in [4.69, 9.17) is 0 Å². The monoisotopic (exact) mass is 552 g/mol. The van der Waals surface area contributed by atoms with Crippen LogP contribution in [0.5, 0.6) is 11.6 Å². The lowest BCUT2D eigenvalue weighted by molar-refractivity contribution is -0.137. The van der Waals surface area contributed by atoms with E-state index in [1.807, 2.05) is 19.9 Å². The molecule has 0 radical (unpaired) electrons. The third kappa shape index (κ3) is 5.10. The molecule has 0 unspecified atom stereocenters. The normalized spacial score (nSPS) is 15.2. The van der Waals surface area contributed by atoms with Gasteiger partial charge in [-0.2, -0.15) is 13.2 Å². The second-order valence-corrected chi connectivity index (χ2v) is 9.90. The highest BCUT2D eigenvalue weighted by atomic mass is 32.2. The number of thioether (sulfide) groups is 1. The number of carbonyl (C=O) groups is 2. The zero-order valence-electron chi connectivity index (χ0n) is 20.4. The lowest BCUT2D eigenvalue weighted by Gasteiger charge is -2.11. The SMILES string of the molecule is Cc1cc(C)cc(-n2c(O)c(N=Nc3ccc(/C=C4\SC(=O)NC4=O)cc3O)c3ccc(C(F)(F)F)cc32)c1. The van der Waals surface area contributed by atoms with Crippen LogP contribution < -0.4 is 5.32 Å². The van der Waals surface area contributed by atoms with Crippen LogP contribution in [0.15, 0.2) is 69.7 Å². The molecule has 0 aliphatic carbocycles. The highest BCUT2D eigenvalue weighted by Crippen LogP contribution is 2.44. The number of hydrogen-bond donors (Lipinski definition) is 3. The maximum absolute atomic E-state index is 13.5.